The Bertz CT molecular complexity index is 899. The molecule has 0 spiro atoms. The van der Waals surface area contributed by atoms with Crippen LogP contribution in [0.2, 0.25) is 0 Å². The highest BCUT2D eigenvalue weighted by Gasteiger charge is 2.31. The van der Waals surface area contributed by atoms with Crippen molar-refractivity contribution >= 4 is 10.9 Å². The largest absolute Gasteiger partial charge is 0.506 e. The predicted octanol–water partition coefficient (Wildman–Crippen LogP) is 3.92. The Hall–Kier alpha value is -2.76. The predicted molar refractivity (Wildman–Crippen MR) is 76.7 cm³/mol. The molecular formula is C16H10F3NO2. The Balaban J connectivity index is 2.29. The molecule has 0 atom stereocenters. The van der Waals surface area contributed by atoms with Crippen molar-refractivity contribution in [2.45, 2.75) is 6.18 Å². The molecule has 0 bridgehead atoms. The monoisotopic (exact) mass is 305 g/mol. The second kappa shape index (κ2) is 4.91. The average molecular weight is 305 g/mol. The number of fused-ring (bicyclic) bond motifs is 1. The van der Waals surface area contributed by atoms with Crippen LogP contribution in [-0.2, 0) is 6.18 Å². The van der Waals surface area contributed by atoms with Crippen LogP contribution in [0.4, 0.5) is 13.2 Å². The first kappa shape index (κ1) is 14.2. The number of aromatic hydroxyl groups is 1. The molecule has 3 nitrogen and oxygen atoms in total. The van der Waals surface area contributed by atoms with Gasteiger partial charge in [0.05, 0.1) is 16.6 Å². The van der Waals surface area contributed by atoms with Gasteiger partial charge in [-0.2, -0.15) is 13.2 Å². The van der Waals surface area contributed by atoms with Crippen LogP contribution in [0, 0.1) is 0 Å². The van der Waals surface area contributed by atoms with E-state index in [4.69, 9.17) is 0 Å². The molecule has 2 aromatic carbocycles. The zero-order chi connectivity index (χ0) is 15.9. The lowest BCUT2D eigenvalue weighted by atomic mass is 10.0. The van der Waals surface area contributed by atoms with Crippen molar-refractivity contribution in [3.05, 3.63) is 64.4 Å². The fourth-order valence-electron chi connectivity index (χ4n) is 2.33. The third-order valence-corrected chi connectivity index (χ3v) is 3.38. The zero-order valence-corrected chi connectivity index (χ0v) is 11.1. The smallest absolute Gasteiger partial charge is 0.416 e. The summed E-state index contributed by atoms with van der Waals surface area (Å²) in [4.78, 5) is 14.5. The summed E-state index contributed by atoms with van der Waals surface area (Å²) in [6, 6.07) is 11.3. The number of hydrogen-bond acceptors (Lipinski definition) is 2. The second-order valence-electron chi connectivity index (χ2n) is 4.80. The molecule has 6 heteroatoms. The number of halogens is 3. The summed E-state index contributed by atoms with van der Waals surface area (Å²) < 4.78 is 38.1. The zero-order valence-electron chi connectivity index (χ0n) is 11.1. The average Bonchev–Trinajstić information content (AvgIpc) is 2.47. The summed E-state index contributed by atoms with van der Waals surface area (Å²) in [6.07, 6.45) is -4.52. The minimum Gasteiger partial charge on any atom is -0.506 e. The summed E-state index contributed by atoms with van der Waals surface area (Å²) in [5.74, 6) is -0.335. The van der Waals surface area contributed by atoms with E-state index in [9.17, 15) is 23.1 Å². The summed E-state index contributed by atoms with van der Waals surface area (Å²) in [5.41, 5.74) is -1.06. The summed E-state index contributed by atoms with van der Waals surface area (Å²) >= 11 is 0. The van der Waals surface area contributed by atoms with Crippen molar-refractivity contribution in [2.75, 3.05) is 0 Å². The Morgan fingerprint density at radius 3 is 2.32 bits per heavy atom. The van der Waals surface area contributed by atoms with Crippen LogP contribution in [0.3, 0.4) is 0 Å². The van der Waals surface area contributed by atoms with Crippen molar-refractivity contribution in [1.82, 2.24) is 4.98 Å². The van der Waals surface area contributed by atoms with E-state index >= 15 is 0 Å². The van der Waals surface area contributed by atoms with Gasteiger partial charge in [0.2, 0.25) is 0 Å². The molecule has 3 rings (SSSR count). The lowest BCUT2D eigenvalue weighted by Gasteiger charge is -2.10. The lowest BCUT2D eigenvalue weighted by molar-refractivity contribution is -0.137. The van der Waals surface area contributed by atoms with Crippen LogP contribution in [0.5, 0.6) is 5.75 Å². The molecule has 2 N–H and O–H groups in total. The van der Waals surface area contributed by atoms with Crippen molar-refractivity contribution in [2.24, 2.45) is 0 Å². The number of aromatic amines is 1. The molecule has 0 radical (unpaired) electrons. The number of nitrogens with one attached hydrogen (secondary N) is 1. The topological polar surface area (TPSA) is 53.1 Å². The summed E-state index contributed by atoms with van der Waals surface area (Å²) in [5, 5.41) is 10.4. The number of benzene rings is 2. The van der Waals surface area contributed by atoms with Gasteiger partial charge in [-0.3, -0.25) is 4.79 Å². The standard InChI is InChI=1S/C16H10F3NO2/c17-16(18,19)10-6-7-11-12(8-10)20-15(22)13(14(11)21)9-4-2-1-3-5-9/h1-8H,(H2,20,21,22). The van der Waals surface area contributed by atoms with E-state index in [-0.39, 0.29) is 22.2 Å². The van der Waals surface area contributed by atoms with E-state index < -0.39 is 17.3 Å². The van der Waals surface area contributed by atoms with Gasteiger partial charge in [0.1, 0.15) is 5.75 Å². The molecule has 1 heterocycles. The highest BCUT2D eigenvalue weighted by molar-refractivity contribution is 5.92. The SMILES string of the molecule is O=c1[nH]c2cc(C(F)(F)F)ccc2c(O)c1-c1ccccc1. The molecule has 0 saturated heterocycles. The van der Waals surface area contributed by atoms with Crippen LogP contribution >= 0.6 is 0 Å². The molecule has 0 unspecified atom stereocenters. The summed E-state index contributed by atoms with van der Waals surface area (Å²) in [6.45, 7) is 0. The molecule has 0 aliphatic carbocycles. The van der Waals surface area contributed by atoms with Crippen LogP contribution in [-0.4, -0.2) is 10.1 Å². The minimum atomic E-state index is -4.52. The quantitative estimate of drug-likeness (QED) is 0.716. The van der Waals surface area contributed by atoms with Gasteiger partial charge >= 0.3 is 6.18 Å². The van der Waals surface area contributed by atoms with Crippen LogP contribution in [0.25, 0.3) is 22.0 Å². The molecule has 0 fully saturated rings. The van der Waals surface area contributed by atoms with Gasteiger partial charge in [-0.1, -0.05) is 30.3 Å². The third-order valence-electron chi connectivity index (χ3n) is 3.38. The van der Waals surface area contributed by atoms with Crippen LogP contribution < -0.4 is 5.56 Å². The fourth-order valence-corrected chi connectivity index (χ4v) is 2.33. The molecule has 1 aromatic heterocycles. The number of rotatable bonds is 1. The Morgan fingerprint density at radius 1 is 1.00 bits per heavy atom. The number of hydrogen-bond donors (Lipinski definition) is 2. The highest BCUT2D eigenvalue weighted by Crippen LogP contribution is 2.35. The molecule has 0 saturated carbocycles. The van der Waals surface area contributed by atoms with Crippen molar-refractivity contribution < 1.29 is 18.3 Å². The molecule has 3 aromatic rings. The van der Waals surface area contributed by atoms with Crippen molar-refractivity contribution in [3.63, 3.8) is 0 Å². The van der Waals surface area contributed by atoms with E-state index in [0.717, 1.165) is 18.2 Å². The number of H-pyrrole nitrogens is 1. The molecule has 112 valence electrons. The Kier molecular flexibility index (Phi) is 3.16. The first-order valence-corrected chi connectivity index (χ1v) is 6.39. The molecule has 0 amide bonds. The maximum absolute atomic E-state index is 12.7. The molecule has 0 aliphatic rings. The first-order valence-electron chi connectivity index (χ1n) is 6.39. The number of pyridine rings is 1. The van der Waals surface area contributed by atoms with Crippen LogP contribution in [0.1, 0.15) is 5.56 Å². The van der Waals surface area contributed by atoms with Crippen molar-refractivity contribution in [3.8, 4) is 16.9 Å². The van der Waals surface area contributed by atoms with E-state index in [1.807, 2.05) is 0 Å². The molecular weight excluding hydrogens is 295 g/mol. The van der Waals surface area contributed by atoms with E-state index in [1.54, 1.807) is 30.3 Å². The number of alkyl halides is 3. The summed E-state index contributed by atoms with van der Waals surface area (Å²) in [7, 11) is 0. The third kappa shape index (κ3) is 2.32. The maximum Gasteiger partial charge on any atom is 0.416 e. The van der Waals surface area contributed by atoms with Crippen molar-refractivity contribution in [1.29, 1.82) is 0 Å². The van der Waals surface area contributed by atoms with Gasteiger partial charge in [0.25, 0.3) is 5.56 Å². The molecule has 22 heavy (non-hydrogen) atoms. The highest BCUT2D eigenvalue weighted by atomic mass is 19.4. The van der Waals surface area contributed by atoms with Gasteiger partial charge in [-0.05, 0) is 23.8 Å². The van der Waals surface area contributed by atoms with Gasteiger partial charge < -0.3 is 10.1 Å². The fraction of sp³-hybridized carbons (Fsp3) is 0.0625. The maximum atomic E-state index is 12.7. The van der Waals surface area contributed by atoms with E-state index in [0.29, 0.717) is 5.56 Å². The Labute approximate surface area is 122 Å². The normalized spacial score (nSPS) is 11.8. The van der Waals surface area contributed by atoms with E-state index in [2.05, 4.69) is 4.98 Å². The molecule has 0 aliphatic heterocycles. The van der Waals surface area contributed by atoms with Gasteiger partial charge in [-0.15, -0.1) is 0 Å². The van der Waals surface area contributed by atoms with Gasteiger partial charge in [0, 0.05) is 5.39 Å². The lowest BCUT2D eigenvalue weighted by Crippen LogP contribution is -2.11. The second-order valence-corrected chi connectivity index (χ2v) is 4.80. The minimum absolute atomic E-state index is 0.0351. The van der Waals surface area contributed by atoms with E-state index in [1.165, 1.54) is 0 Å². The van der Waals surface area contributed by atoms with Gasteiger partial charge in [-0.25, -0.2) is 0 Å². The van der Waals surface area contributed by atoms with Crippen LogP contribution in [0.15, 0.2) is 53.3 Å². The first-order chi connectivity index (χ1) is 10.4. The van der Waals surface area contributed by atoms with Gasteiger partial charge in [0.15, 0.2) is 0 Å². The Morgan fingerprint density at radius 2 is 1.68 bits per heavy atom. The number of aromatic nitrogens is 1.